The number of halogens is 1. The lowest BCUT2D eigenvalue weighted by molar-refractivity contribution is 0.0240. The maximum absolute atomic E-state index is 13.1. The molecule has 2 heterocycles. The van der Waals surface area contributed by atoms with Gasteiger partial charge in [-0.05, 0) is 81.4 Å². The third kappa shape index (κ3) is 6.06. The second kappa shape index (κ2) is 9.57. The molecule has 1 amide bonds. The summed E-state index contributed by atoms with van der Waals surface area (Å²) in [6, 6.07) is 18.3. The molecule has 3 aromatic rings. The van der Waals surface area contributed by atoms with Crippen LogP contribution in [-0.2, 0) is 11.3 Å². The quantitative estimate of drug-likeness (QED) is 0.535. The molecule has 1 aliphatic heterocycles. The van der Waals surface area contributed by atoms with Crippen molar-refractivity contribution >= 4 is 17.5 Å². The van der Waals surface area contributed by atoms with E-state index in [0.717, 1.165) is 35.8 Å². The van der Waals surface area contributed by atoms with E-state index in [-0.39, 0.29) is 11.9 Å². The Bertz CT molecular complexity index is 1060. The number of anilines is 2. The first kappa shape index (κ1) is 22.7. The van der Waals surface area contributed by atoms with Crippen molar-refractivity contribution in [2.24, 2.45) is 0 Å². The number of hydrogen-bond donors (Lipinski definition) is 1. The summed E-state index contributed by atoms with van der Waals surface area (Å²) in [5.41, 5.74) is 2.49. The average Bonchev–Trinajstić information content (AvgIpc) is 3.27. The Hall–Kier alpha value is -3.48. The molecule has 174 valence electrons. The van der Waals surface area contributed by atoms with E-state index in [0.29, 0.717) is 25.4 Å². The fourth-order valence-corrected chi connectivity index (χ4v) is 3.70. The number of ether oxygens (including phenoxy) is 1. The van der Waals surface area contributed by atoms with Gasteiger partial charge in [0.05, 0.1) is 6.54 Å². The van der Waals surface area contributed by atoms with Crippen molar-refractivity contribution in [2.75, 3.05) is 36.4 Å². The fourth-order valence-electron chi connectivity index (χ4n) is 3.70. The van der Waals surface area contributed by atoms with Gasteiger partial charge in [-0.1, -0.05) is 0 Å². The molecule has 0 radical (unpaired) electrons. The zero-order valence-electron chi connectivity index (χ0n) is 19.3. The third-order valence-corrected chi connectivity index (χ3v) is 5.42. The maximum Gasteiger partial charge on any atom is 0.410 e. The van der Waals surface area contributed by atoms with Gasteiger partial charge in [0.15, 0.2) is 0 Å². The lowest BCUT2D eigenvalue weighted by Gasteiger charge is -2.36. The van der Waals surface area contributed by atoms with E-state index in [1.54, 1.807) is 17.0 Å². The molecule has 0 bridgehead atoms. The summed E-state index contributed by atoms with van der Waals surface area (Å²) in [4.78, 5) is 16.3. The van der Waals surface area contributed by atoms with E-state index >= 15 is 0 Å². The zero-order valence-corrected chi connectivity index (χ0v) is 19.3. The zero-order chi connectivity index (χ0) is 23.4. The highest BCUT2D eigenvalue weighted by atomic mass is 19.1. The Morgan fingerprint density at radius 1 is 0.970 bits per heavy atom. The number of nitrogens with zero attached hydrogens (tertiary/aromatic N) is 2. The van der Waals surface area contributed by atoms with Crippen molar-refractivity contribution in [2.45, 2.75) is 32.9 Å². The molecule has 33 heavy (non-hydrogen) atoms. The minimum absolute atomic E-state index is 0.248. The first-order chi connectivity index (χ1) is 15.8. The van der Waals surface area contributed by atoms with Gasteiger partial charge in [-0.25, -0.2) is 9.18 Å². The summed E-state index contributed by atoms with van der Waals surface area (Å²) >= 11 is 0. The molecule has 0 aliphatic carbocycles. The molecular formula is C26H30FN3O3. The molecule has 1 N–H and O–H groups in total. The van der Waals surface area contributed by atoms with Gasteiger partial charge >= 0.3 is 6.09 Å². The second-order valence-corrected chi connectivity index (χ2v) is 9.13. The number of carbonyl (C=O) groups excluding carboxylic acids is 1. The molecule has 6 nitrogen and oxygen atoms in total. The highest BCUT2D eigenvalue weighted by Crippen LogP contribution is 2.24. The van der Waals surface area contributed by atoms with Crippen molar-refractivity contribution in [3.8, 4) is 11.3 Å². The minimum atomic E-state index is -0.477. The highest BCUT2D eigenvalue weighted by molar-refractivity contribution is 5.68. The molecule has 4 rings (SSSR count). The summed E-state index contributed by atoms with van der Waals surface area (Å²) in [6.07, 6.45) is -0.248. The largest absolute Gasteiger partial charge is 0.459 e. The fraction of sp³-hybridized carbons (Fsp3) is 0.346. The van der Waals surface area contributed by atoms with E-state index in [2.05, 4.69) is 22.3 Å². The summed E-state index contributed by atoms with van der Waals surface area (Å²) in [5, 5.41) is 3.37. The second-order valence-electron chi connectivity index (χ2n) is 9.13. The lowest BCUT2D eigenvalue weighted by atomic mass is 10.2. The minimum Gasteiger partial charge on any atom is -0.459 e. The molecule has 0 saturated carbocycles. The van der Waals surface area contributed by atoms with Gasteiger partial charge in [-0.2, -0.15) is 0 Å². The van der Waals surface area contributed by atoms with Gasteiger partial charge in [-0.3, -0.25) is 0 Å². The molecule has 1 saturated heterocycles. The molecule has 7 heteroatoms. The van der Waals surface area contributed by atoms with Crippen LogP contribution in [0.2, 0.25) is 0 Å². The van der Waals surface area contributed by atoms with Crippen LogP contribution in [0.25, 0.3) is 11.3 Å². The van der Waals surface area contributed by atoms with Gasteiger partial charge in [0.2, 0.25) is 0 Å². The number of piperazine rings is 1. The number of hydrogen-bond acceptors (Lipinski definition) is 5. The standard InChI is InChI=1S/C26H30FN3O3/c1-26(2,3)33-25(31)30-16-14-29(15-17-30)22-10-8-21(9-11-22)28-18-23-12-13-24(32-23)19-4-6-20(27)7-5-19/h4-13,28H,14-18H2,1-3H3. The average molecular weight is 452 g/mol. The molecule has 0 atom stereocenters. The first-order valence-electron chi connectivity index (χ1n) is 11.2. The third-order valence-electron chi connectivity index (χ3n) is 5.42. The lowest BCUT2D eigenvalue weighted by Crippen LogP contribution is -2.50. The summed E-state index contributed by atoms with van der Waals surface area (Å²) in [7, 11) is 0. The van der Waals surface area contributed by atoms with Gasteiger partial charge in [0.1, 0.15) is 22.9 Å². The van der Waals surface area contributed by atoms with Crippen LogP contribution >= 0.6 is 0 Å². The van der Waals surface area contributed by atoms with E-state index < -0.39 is 5.60 Å². The van der Waals surface area contributed by atoms with Crippen molar-refractivity contribution in [1.82, 2.24) is 4.90 Å². The Labute approximate surface area is 193 Å². The number of nitrogens with one attached hydrogen (secondary N) is 1. The normalized spacial score (nSPS) is 14.3. The van der Waals surface area contributed by atoms with E-state index in [1.165, 1.54) is 12.1 Å². The van der Waals surface area contributed by atoms with Crippen LogP contribution in [0.3, 0.4) is 0 Å². The molecule has 0 unspecified atom stereocenters. The first-order valence-corrected chi connectivity index (χ1v) is 11.2. The van der Waals surface area contributed by atoms with E-state index in [1.807, 2.05) is 45.0 Å². The van der Waals surface area contributed by atoms with Crippen LogP contribution in [-0.4, -0.2) is 42.8 Å². The van der Waals surface area contributed by atoms with Crippen LogP contribution in [0.4, 0.5) is 20.6 Å². The number of furan rings is 1. The molecule has 0 spiro atoms. The van der Waals surface area contributed by atoms with Crippen LogP contribution in [0, 0.1) is 5.82 Å². The molecule has 1 aromatic heterocycles. The van der Waals surface area contributed by atoms with Crippen LogP contribution in [0.1, 0.15) is 26.5 Å². The van der Waals surface area contributed by atoms with Gasteiger partial charge in [-0.15, -0.1) is 0 Å². The predicted molar refractivity (Wildman–Crippen MR) is 128 cm³/mol. The topological polar surface area (TPSA) is 58.0 Å². The Kier molecular flexibility index (Phi) is 6.58. The summed E-state index contributed by atoms with van der Waals surface area (Å²) in [5.74, 6) is 1.25. The van der Waals surface area contributed by atoms with Crippen molar-refractivity contribution < 1.29 is 18.3 Å². The molecule has 1 fully saturated rings. The highest BCUT2D eigenvalue weighted by Gasteiger charge is 2.25. The number of rotatable bonds is 5. The van der Waals surface area contributed by atoms with Crippen LogP contribution in [0.15, 0.2) is 65.1 Å². The predicted octanol–water partition coefficient (Wildman–Crippen LogP) is 5.75. The van der Waals surface area contributed by atoms with Crippen molar-refractivity contribution in [1.29, 1.82) is 0 Å². The summed E-state index contributed by atoms with van der Waals surface area (Å²) in [6.45, 7) is 9.02. The van der Waals surface area contributed by atoms with Gasteiger partial charge < -0.3 is 24.3 Å². The van der Waals surface area contributed by atoms with Gasteiger partial charge in [0, 0.05) is 43.1 Å². The molecular weight excluding hydrogens is 421 g/mol. The van der Waals surface area contributed by atoms with Crippen LogP contribution in [0.5, 0.6) is 0 Å². The Morgan fingerprint density at radius 2 is 1.64 bits per heavy atom. The molecule has 1 aliphatic rings. The molecule has 2 aromatic carbocycles. The number of amides is 1. The monoisotopic (exact) mass is 451 g/mol. The smallest absolute Gasteiger partial charge is 0.410 e. The van der Waals surface area contributed by atoms with Crippen molar-refractivity contribution in [3.05, 3.63) is 72.2 Å². The van der Waals surface area contributed by atoms with E-state index in [9.17, 15) is 9.18 Å². The van der Waals surface area contributed by atoms with Gasteiger partial charge in [0.25, 0.3) is 0 Å². The maximum atomic E-state index is 13.1. The number of benzene rings is 2. The van der Waals surface area contributed by atoms with Crippen LogP contribution < -0.4 is 10.2 Å². The Morgan fingerprint density at radius 3 is 2.27 bits per heavy atom. The summed E-state index contributed by atoms with van der Waals surface area (Å²) < 4.78 is 24.4. The SMILES string of the molecule is CC(C)(C)OC(=O)N1CCN(c2ccc(NCc3ccc(-c4ccc(F)cc4)o3)cc2)CC1. The Balaban J connectivity index is 1.27. The van der Waals surface area contributed by atoms with Crippen molar-refractivity contribution in [3.63, 3.8) is 0 Å². The van der Waals surface area contributed by atoms with E-state index in [4.69, 9.17) is 9.15 Å². The number of carbonyl (C=O) groups is 1.